The third-order valence-electron chi connectivity index (χ3n) is 5.30. The van der Waals surface area contributed by atoms with Crippen LogP contribution in [0.15, 0.2) is 29.3 Å². The molecule has 0 aromatic heterocycles. The molecule has 1 aromatic rings. The highest BCUT2D eigenvalue weighted by molar-refractivity contribution is 7.99. The summed E-state index contributed by atoms with van der Waals surface area (Å²) in [5, 5.41) is 3.25. The molecule has 2 aliphatic rings. The number of hydrogen-bond donors (Lipinski definition) is 2. The lowest BCUT2D eigenvalue weighted by Gasteiger charge is -2.47. The number of hydrogen-bond acceptors (Lipinski definition) is 3. The minimum Gasteiger partial charge on any atom is -0.370 e. The van der Waals surface area contributed by atoms with Gasteiger partial charge in [0.2, 0.25) is 0 Å². The average molecular weight is 347 g/mol. The van der Waals surface area contributed by atoms with Crippen molar-refractivity contribution in [3.63, 3.8) is 0 Å². The second kappa shape index (κ2) is 8.26. The van der Waals surface area contributed by atoms with Gasteiger partial charge in [0.15, 0.2) is 5.96 Å². The van der Waals surface area contributed by atoms with E-state index in [1.807, 2.05) is 12.1 Å². The topological polar surface area (TPSA) is 53.6 Å². The van der Waals surface area contributed by atoms with E-state index in [2.05, 4.69) is 41.0 Å². The SMILES string of the molecule is Cc1cccc(NC(N)=NCC2(N3CCSCC3)CCCCC2)c1. The van der Waals surface area contributed by atoms with E-state index in [0.717, 1.165) is 12.2 Å². The first-order chi connectivity index (χ1) is 11.7. The van der Waals surface area contributed by atoms with Crippen LogP contribution in [0, 0.1) is 6.92 Å². The molecule has 4 nitrogen and oxygen atoms in total. The van der Waals surface area contributed by atoms with E-state index in [4.69, 9.17) is 10.7 Å². The number of nitrogens with two attached hydrogens (primary N) is 1. The molecular weight excluding hydrogens is 316 g/mol. The van der Waals surface area contributed by atoms with Gasteiger partial charge in [0.25, 0.3) is 0 Å². The smallest absolute Gasteiger partial charge is 0.193 e. The van der Waals surface area contributed by atoms with Crippen LogP contribution < -0.4 is 11.1 Å². The molecule has 0 bridgehead atoms. The van der Waals surface area contributed by atoms with Crippen LogP contribution in [0.2, 0.25) is 0 Å². The fourth-order valence-electron chi connectivity index (χ4n) is 3.96. The van der Waals surface area contributed by atoms with Crippen LogP contribution in [0.25, 0.3) is 0 Å². The molecule has 0 spiro atoms. The van der Waals surface area contributed by atoms with Crippen molar-refractivity contribution in [3.8, 4) is 0 Å². The number of rotatable bonds is 4. The van der Waals surface area contributed by atoms with E-state index in [-0.39, 0.29) is 5.54 Å². The number of benzene rings is 1. The highest BCUT2D eigenvalue weighted by Crippen LogP contribution is 2.35. The number of aliphatic imine (C=N–C) groups is 1. The largest absolute Gasteiger partial charge is 0.370 e. The quantitative estimate of drug-likeness (QED) is 0.647. The van der Waals surface area contributed by atoms with Gasteiger partial charge in [-0.15, -0.1) is 0 Å². The summed E-state index contributed by atoms with van der Waals surface area (Å²) in [7, 11) is 0. The van der Waals surface area contributed by atoms with Gasteiger partial charge in [0, 0.05) is 35.8 Å². The third kappa shape index (κ3) is 4.45. The van der Waals surface area contributed by atoms with Crippen molar-refractivity contribution < 1.29 is 0 Å². The molecule has 0 radical (unpaired) electrons. The molecule has 3 N–H and O–H groups in total. The van der Waals surface area contributed by atoms with Gasteiger partial charge in [0.1, 0.15) is 0 Å². The zero-order valence-corrected chi connectivity index (χ0v) is 15.6. The molecule has 24 heavy (non-hydrogen) atoms. The number of guanidine groups is 1. The van der Waals surface area contributed by atoms with E-state index in [1.165, 1.54) is 62.3 Å². The molecular formula is C19H30N4S. The number of nitrogens with one attached hydrogen (secondary N) is 1. The van der Waals surface area contributed by atoms with E-state index in [1.54, 1.807) is 0 Å². The summed E-state index contributed by atoms with van der Waals surface area (Å²) in [6.45, 7) is 5.31. The van der Waals surface area contributed by atoms with E-state index < -0.39 is 0 Å². The van der Waals surface area contributed by atoms with E-state index in [9.17, 15) is 0 Å². The summed E-state index contributed by atoms with van der Waals surface area (Å²) in [5.74, 6) is 3.04. The molecule has 5 heteroatoms. The van der Waals surface area contributed by atoms with Gasteiger partial charge in [-0.2, -0.15) is 11.8 Å². The molecule has 1 saturated heterocycles. The Kier molecular flexibility index (Phi) is 6.06. The first-order valence-electron chi connectivity index (χ1n) is 9.14. The van der Waals surface area contributed by atoms with Crippen LogP contribution in [0.5, 0.6) is 0 Å². The van der Waals surface area contributed by atoms with Crippen molar-refractivity contribution in [3.05, 3.63) is 29.8 Å². The van der Waals surface area contributed by atoms with Crippen LogP contribution in [0.4, 0.5) is 5.69 Å². The van der Waals surface area contributed by atoms with Crippen molar-refractivity contribution in [2.75, 3.05) is 36.5 Å². The maximum absolute atomic E-state index is 6.18. The molecule has 132 valence electrons. The molecule has 1 heterocycles. The van der Waals surface area contributed by atoms with Crippen molar-refractivity contribution in [1.29, 1.82) is 0 Å². The Balaban J connectivity index is 1.67. The summed E-state index contributed by atoms with van der Waals surface area (Å²) >= 11 is 2.07. The molecule has 1 aliphatic heterocycles. The molecule has 3 rings (SSSR count). The fraction of sp³-hybridized carbons (Fsp3) is 0.632. The van der Waals surface area contributed by atoms with Gasteiger partial charge >= 0.3 is 0 Å². The summed E-state index contributed by atoms with van der Waals surface area (Å²) < 4.78 is 0. The summed E-state index contributed by atoms with van der Waals surface area (Å²) in [4.78, 5) is 7.46. The number of anilines is 1. The third-order valence-corrected chi connectivity index (χ3v) is 6.24. The Hall–Kier alpha value is -1.20. The van der Waals surface area contributed by atoms with Gasteiger partial charge in [-0.1, -0.05) is 31.4 Å². The average Bonchev–Trinajstić information content (AvgIpc) is 2.62. The van der Waals surface area contributed by atoms with Crippen molar-refractivity contribution in [1.82, 2.24) is 4.90 Å². The summed E-state index contributed by atoms with van der Waals surface area (Å²) in [6, 6.07) is 8.26. The molecule has 1 aliphatic carbocycles. The van der Waals surface area contributed by atoms with Gasteiger partial charge in [-0.25, -0.2) is 0 Å². The standard InChI is InChI=1S/C19H30N4S/c1-16-6-5-7-17(14-16)22-18(20)21-15-19(8-3-2-4-9-19)23-10-12-24-13-11-23/h5-7,14H,2-4,8-13,15H2,1H3,(H3,20,21,22). The number of nitrogens with zero attached hydrogens (tertiary/aromatic N) is 2. The maximum atomic E-state index is 6.18. The predicted octanol–water partition coefficient (Wildman–Crippen LogP) is 3.47. The Morgan fingerprint density at radius 3 is 2.71 bits per heavy atom. The maximum Gasteiger partial charge on any atom is 0.193 e. The van der Waals surface area contributed by atoms with Crippen LogP contribution in [0.3, 0.4) is 0 Å². The molecule has 2 fully saturated rings. The first-order valence-corrected chi connectivity index (χ1v) is 10.3. The number of thioether (sulfide) groups is 1. The lowest BCUT2D eigenvalue weighted by Crippen LogP contribution is -2.55. The molecule has 1 saturated carbocycles. The van der Waals surface area contributed by atoms with Gasteiger partial charge in [-0.05, 0) is 37.5 Å². The van der Waals surface area contributed by atoms with E-state index >= 15 is 0 Å². The van der Waals surface area contributed by atoms with Gasteiger partial charge < -0.3 is 11.1 Å². The lowest BCUT2D eigenvalue weighted by molar-refractivity contribution is 0.0673. The van der Waals surface area contributed by atoms with E-state index in [0.29, 0.717) is 5.96 Å². The summed E-state index contributed by atoms with van der Waals surface area (Å²) in [6.07, 6.45) is 6.54. The predicted molar refractivity (Wildman–Crippen MR) is 106 cm³/mol. The van der Waals surface area contributed by atoms with Crippen LogP contribution >= 0.6 is 11.8 Å². The van der Waals surface area contributed by atoms with Crippen molar-refractivity contribution >= 4 is 23.4 Å². The second-order valence-corrected chi connectivity index (χ2v) is 8.31. The highest BCUT2D eigenvalue weighted by atomic mass is 32.2. The fourth-order valence-corrected chi connectivity index (χ4v) is 4.87. The van der Waals surface area contributed by atoms with Crippen LogP contribution in [0.1, 0.15) is 37.7 Å². The molecule has 0 atom stereocenters. The number of aryl methyl sites for hydroxylation is 1. The normalized spacial score (nSPS) is 22.3. The van der Waals surface area contributed by atoms with Crippen LogP contribution in [-0.2, 0) is 0 Å². The Labute approximate surface area is 150 Å². The molecule has 0 amide bonds. The minimum absolute atomic E-state index is 0.234. The van der Waals surface area contributed by atoms with Crippen LogP contribution in [-0.4, -0.2) is 47.5 Å². The first kappa shape index (κ1) is 17.6. The second-order valence-electron chi connectivity index (χ2n) is 7.08. The zero-order chi connectivity index (χ0) is 16.8. The monoisotopic (exact) mass is 346 g/mol. The molecule has 0 unspecified atom stereocenters. The zero-order valence-electron chi connectivity index (χ0n) is 14.8. The minimum atomic E-state index is 0.234. The lowest BCUT2D eigenvalue weighted by atomic mass is 9.80. The van der Waals surface area contributed by atoms with Crippen molar-refractivity contribution in [2.45, 2.75) is 44.6 Å². The Morgan fingerprint density at radius 1 is 1.25 bits per heavy atom. The summed E-state index contributed by atoms with van der Waals surface area (Å²) in [5.41, 5.74) is 8.65. The Bertz CT molecular complexity index is 560. The van der Waals surface area contributed by atoms with Gasteiger partial charge in [-0.3, -0.25) is 9.89 Å². The molecule has 1 aromatic carbocycles. The van der Waals surface area contributed by atoms with Crippen molar-refractivity contribution in [2.24, 2.45) is 10.7 Å². The van der Waals surface area contributed by atoms with Gasteiger partial charge in [0.05, 0.1) is 6.54 Å². The Morgan fingerprint density at radius 2 is 2.00 bits per heavy atom. The highest BCUT2D eigenvalue weighted by Gasteiger charge is 2.38.